The van der Waals surface area contributed by atoms with Gasteiger partial charge in [0.05, 0.1) is 16.6 Å². The van der Waals surface area contributed by atoms with Gasteiger partial charge in [-0.2, -0.15) is 5.10 Å². The van der Waals surface area contributed by atoms with Crippen LogP contribution in [0.1, 0.15) is 5.56 Å². The number of carbonyl (C=O) groups is 1. The Bertz CT molecular complexity index is 660. The fraction of sp³-hybridized carbons (Fsp3) is 0. The summed E-state index contributed by atoms with van der Waals surface area (Å²) in [5, 5.41) is 10.5. The van der Waals surface area contributed by atoms with Gasteiger partial charge >= 0.3 is 0 Å². The second-order valence-corrected chi connectivity index (χ2v) is 5.25. The zero-order valence-corrected chi connectivity index (χ0v) is 10.2. The Balaban J connectivity index is 2.11. The predicted octanol–water partition coefficient (Wildman–Crippen LogP) is 2.05. The summed E-state index contributed by atoms with van der Waals surface area (Å²) in [6.45, 7) is 0. The van der Waals surface area contributed by atoms with E-state index in [2.05, 4.69) is 15.5 Å². The molecule has 2 aromatic rings. The fourth-order valence-corrected chi connectivity index (χ4v) is 2.71. The van der Waals surface area contributed by atoms with Crippen molar-refractivity contribution in [2.24, 2.45) is 0 Å². The van der Waals surface area contributed by atoms with Gasteiger partial charge in [0.2, 0.25) is 0 Å². The summed E-state index contributed by atoms with van der Waals surface area (Å²) in [5.74, 6) is -0.142. The van der Waals surface area contributed by atoms with Crippen LogP contribution in [0.5, 0.6) is 0 Å². The van der Waals surface area contributed by atoms with E-state index in [9.17, 15) is 4.79 Å². The normalized spacial score (nSPS) is 18.0. The number of rotatable bonds is 1. The van der Waals surface area contributed by atoms with E-state index in [1.54, 1.807) is 6.20 Å². The van der Waals surface area contributed by atoms with Crippen LogP contribution in [0.3, 0.4) is 0 Å². The molecule has 2 heterocycles. The van der Waals surface area contributed by atoms with E-state index in [1.807, 2.05) is 24.3 Å². The Labute approximate surface area is 106 Å². The van der Waals surface area contributed by atoms with Gasteiger partial charge in [-0.3, -0.25) is 9.89 Å². The van der Waals surface area contributed by atoms with Crippen molar-refractivity contribution in [1.82, 2.24) is 15.5 Å². The molecule has 17 heavy (non-hydrogen) atoms. The summed E-state index contributed by atoms with van der Waals surface area (Å²) in [7, 11) is 0. The third-order valence-electron chi connectivity index (χ3n) is 2.44. The molecule has 0 unspecified atom stereocenters. The number of benzene rings is 1. The van der Waals surface area contributed by atoms with Gasteiger partial charge in [0.1, 0.15) is 4.32 Å². The highest BCUT2D eigenvalue weighted by atomic mass is 32.2. The zero-order valence-electron chi connectivity index (χ0n) is 8.56. The lowest BCUT2D eigenvalue weighted by Crippen LogP contribution is -2.17. The monoisotopic (exact) mass is 261 g/mol. The van der Waals surface area contributed by atoms with Gasteiger partial charge in [-0.15, -0.1) is 0 Å². The van der Waals surface area contributed by atoms with Crippen molar-refractivity contribution >= 4 is 51.2 Å². The summed E-state index contributed by atoms with van der Waals surface area (Å²) < 4.78 is 0.498. The molecule has 0 radical (unpaired) electrons. The lowest BCUT2D eigenvalue weighted by atomic mass is 10.1. The van der Waals surface area contributed by atoms with E-state index in [4.69, 9.17) is 12.2 Å². The van der Waals surface area contributed by atoms with Gasteiger partial charge in [-0.1, -0.05) is 42.2 Å². The van der Waals surface area contributed by atoms with Gasteiger partial charge in [0.25, 0.3) is 5.91 Å². The molecular weight excluding hydrogens is 254 g/mol. The number of aromatic amines is 1. The number of hydrogen-bond acceptors (Lipinski definition) is 4. The molecule has 1 aliphatic heterocycles. The van der Waals surface area contributed by atoms with Gasteiger partial charge in [0, 0.05) is 10.9 Å². The largest absolute Gasteiger partial charge is 0.307 e. The van der Waals surface area contributed by atoms with Crippen molar-refractivity contribution < 1.29 is 4.79 Å². The Morgan fingerprint density at radius 1 is 1.41 bits per heavy atom. The molecular formula is C11H7N3OS2. The molecule has 1 amide bonds. The van der Waals surface area contributed by atoms with E-state index >= 15 is 0 Å². The molecule has 2 N–H and O–H groups in total. The van der Waals surface area contributed by atoms with E-state index in [0.717, 1.165) is 16.5 Å². The van der Waals surface area contributed by atoms with Crippen LogP contribution in [0, 0.1) is 0 Å². The van der Waals surface area contributed by atoms with Gasteiger partial charge in [0.15, 0.2) is 0 Å². The maximum atomic E-state index is 11.5. The van der Waals surface area contributed by atoms with Crippen LogP contribution in [-0.4, -0.2) is 20.4 Å². The smallest absolute Gasteiger partial charge is 0.263 e. The molecule has 3 rings (SSSR count). The fourth-order valence-electron chi connectivity index (χ4n) is 1.67. The van der Waals surface area contributed by atoms with Crippen LogP contribution in [0.25, 0.3) is 17.0 Å². The zero-order chi connectivity index (χ0) is 11.8. The topological polar surface area (TPSA) is 57.8 Å². The number of carbonyl (C=O) groups excluding carboxylic acids is 1. The summed E-state index contributed by atoms with van der Waals surface area (Å²) >= 11 is 6.22. The number of thioether (sulfide) groups is 1. The second-order valence-electron chi connectivity index (χ2n) is 3.53. The number of fused-ring (bicyclic) bond motifs is 1. The maximum absolute atomic E-state index is 11.5. The third kappa shape index (κ3) is 1.85. The van der Waals surface area contributed by atoms with Crippen molar-refractivity contribution in [1.29, 1.82) is 0 Å². The minimum atomic E-state index is -0.142. The summed E-state index contributed by atoms with van der Waals surface area (Å²) in [6, 6.07) is 5.83. The SMILES string of the molecule is O=C1NC(=S)S/C1=C\c1cccc2cn[nH]c12. The van der Waals surface area contributed by atoms with Crippen molar-refractivity contribution in [2.75, 3.05) is 0 Å². The van der Waals surface area contributed by atoms with Crippen molar-refractivity contribution in [3.63, 3.8) is 0 Å². The molecule has 1 aromatic heterocycles. The molecule has 1 aliphatic rings. The summed E-state index contributed by atoms with van der Waals surface area (Å²) in [5.41, 5.74) is 1.86. The molecule has 0 saturated carbocycles. The first-order valence-corrected chi connectivity index (χ1v) is 6.13. The minimum Gasteiger partial charge on any atom is -0.307 e. The van der Waals surface area contributed by atoms with E-state index in [1.165, 1.54) is 11.8 Å². The number of nitrogens with one attached hydrogen (secondary N) is 2. The molecule has 4 nitrogen and oxygen atoms in total. The van der Waals surface area contributed by atoms with Crippen molar-refractivity contribution in [3.8, 4) is 0 Å². The van der Waals surface area contributed by atoms with Crippen LogP contribution in [0.4, 0.5) is 0 Å². The highest BCUT2D eigenvalue weighted by Crippen LogP contribution is 2.27. The quantitative estimate of drug-likeness (QED) is 0.609. The van der Waals surface area contributed by atoms with Gasteiger partial charge < -0.3 is 5.32 Å². The molecule has 0 aliphatic carbocycles. The minimum absolute atomic E-state index is 0.142. The van der Waals surface area contributed by atoms with Crippen LogP contribution in [0.15, 0.2) is 29.3 Å². The maximum Gasteiger partial charge on any atom is 0.263 e. The predicted molar refractivity (Wildman–Crippen MR) is 72.4 cm³/mol. The number of nitrogens with zero attached hydrogens (tertiary/aromatic N) is 1. The first kappa shape index (κ1) is 10.5. The highest BCUT2D eigenvalue weighted by Gasteiger charge is 2.22. The standard InChI is InChI=1S/C11H7N3OS2/c15-10-8(17-11(16)13-10)4-6-2-1-3-7-5-12-14-9(6)7/h1-5H,(H,12,14)(H,13,15,16)/b8-4-. The molecule has 0 atom stereocenters. The third-order valence-corrected chi connectivity index (χ3v) is 3.60. The second kappa shape index (κ2) is 3.97. The molecule has 0 spiro atoms. The van der Waals surface area contributed by atoms with Crippen molar-refractivity contribution in [2.45, 2.75) is 0 Å². The van der Waals surface area contributed by atoms with Gasteiger partial charge in [-0.05, 0) is 6.08 Å². The van der Waals surface area contributed by atoms with Crippen LogP contribution < -0.4 is 5.32 Å². The Kier molecular flexibility index (Phi) is 2.45. The first-order valence-electron chi connectivity index (χ1n) is 4.91. The first-order chi connectivity index (χ1) is 8.24. The van der Waals surface area contributed by atoms with E-state index in [0.29, 0.717) is 9.23 Å². The lowest BCUT2D eigenvalue weighted by Gasteiger charge is -1.97. The van der Waals surface area contributed by atoms with E-state index in [-0.39, 0.29) is 5.91 Å². The Morgan fingerprint density at radius 2 is 2.29 bits per heavy atom. The van der Waals surface area contributed by atoms with Crippen LogP contribution >= 0.6 is 24.0 Å². The molecule has 1 saturated heterocycles. The Morgan fingerprint density at radius 3 is 3.06 bits per heavy atom. The number of thiocarbonyl (C=S) groups is 1. The number of aromatic nitrogens is 2. The molecule has 1 aromatic carbocycles. The van der Waals surface area contributed by atoms with Crippen molar-refractivity contribution in [3.05, 3.63) is 34.9 Å². The van der Waals surface area contributed by atoms with Crippen LogP contribution in [-0.2, 0) is 4.79 Å². The highest BCUT2D eigenvalue weighted by molar-refractivity contribution is 8.26. The summed E-state index contributed by atoms with van der Waals surface area (Å²) in [4.78, 5) is 12.2. The lowest BCUT2D eigenvalue weighted by molar-refractivity contribution is -0.115. The number of H-pyrrole nitrogens is 1. The van der Waals surface area contributed by atoms with Gasteiger partial charge in [-0.25, -0.2) is 0 Å². The molecule has 0 bridgehead atoms. The van der Waals surface area contributed by atoms with E-state index < -0.39 is 0 Å². The average Bonchev–Trinajstić information content (AvgIpc) is 2.87. The number of amides is 1. The Hall–Kier alpha value is -1.66. The molecule has 1 fully saturated rings. The van der Waals surface area contributed by atoms with Crippen LogP contribution in [0.2, 0.25) is 0 Å². The number of para-hydroxylation sites is 1. The average molecular weight is 261 g/mol. The molecule has 84 valence electrons. The summed E-state index contributed by atoms with van der Waals surface area (Å²) in [6.07, 6.45) is 3.57. The molecule has 6 heteroatoms. The number of hydrogen-bond donors (Lipinski definition) is 2.